The SMILES string of the molecule is CCCOc1ccc(CNC(=NC)NCc2ccc(C)cc2)cn1. The lowest BCUT2D eigenvalue weighted by Crippen LogP contribution is -2.36. The van der Waals surface area contributed by atoms with Gasteiger partial charge in [0.25, 0.3) is 0 Å². The van der Waals surface area contributed by atoms with Gasteiger partial charge in [-0.1, -0.05) is 42.8 Å². The molecule has 0 aliphatic rings. The number of benzene rings is 1. The smallest absolute Gasteiger partial charge is 0.213 e. The summed E-state index contributed by atoms with van der Waals surface area (Å²) in [6.45, 7) is 6.26. The van der Waals surface area contributed by atoms with Crippen LogP contribution in [0, 0.1) is 6.92 Å². The van der Waals surface area contributed by atoms with Crippen LogP contribution < -0.4 is 15.4 Å². The molecule has 0 saturated carbocycles. The fourth-order valence-electron chi connectivity index (χ4n) is 2.11. The molecular weight excluding hydrogens is 300 g/mol. The third kappa shape index (κ3) is 5.91. The summed E-state index contributed by atoms with van der Waals surface area (Å²) >= 11 is 0. The van der Waals surface area contributed by atoms with Crippen LogP contribution in [-0.2, 0) is 13.1 Å². The fraction of sp³-hybridized carbons (Fsp3) is 0.368. The van der Waals surface area contributed by atoms with E-state index in [-0.39, 0.29) is 0 Å². The van der Waals surface area contributed by atoms with Crippen molar-refractivity contribution in [1.82, 2.24) is 15.6 Å². The molecule has 24 heavy (non-hydrogen) atoms. The average molecular weight is 326 g/mol. The molecule has 5 nitrogen and oxygen atoms in total. The maximum absolute atomic E-state index is 5.49. The van der Waals surface area contributed by atoms with Crippen molar-refractivity contribution in [2.75, 3.05) is 13.7 Å². The second kappa shape index (κ2) is 9.55. The molecule has 128 valence electrons. The van der Waals surface area contributed by atoms with Crippen molar-refractivity contribution in [1.29, 1.82) is 0 Å². The number of hydrogen-bond donors (Lipinski definition) is 2. The van der Waals surface area contributed by atoms with Crippen LogP contribution in [0.4, 0.5) is 0 Å². The number of aryl methyl sites for hydroxylation is 1. The summed E-state index contributed by atoms with van der Waals surface area (Å²) < 4.78 is 5.49. The summed E-state index contributed by atoms with van der Waals surface area (Å²) in [5, 5.41) is 6.60. The molecule has 0 aliphatic carbocycles. The van der Waals surface area contributed by atoms with Crippen LogP contribution in [0.25, 0.3) is 0 Å². The van der Waals surface area contributed by atoms with Crippen LogP contribution in [0.15, 0.2) is 47.6 Å². The van der Waals surface area contributed by atoms with E-state index in [0.717, 1.165) is 24.5 Å². The summed E-state index contributed by atoms with van der Waals surface area (Å²) in [7, 11) is 1.77. The molecule has 0 fully saturated rings. The molecule has 0 unspecified atom stereocenters. The van der Waals surface area contributed by atoms with Crippen LogP contribution in [0.3, 0.4) is 0 Å². The molecule has 2 aromatic rings. The number of pyridine rings is 1. The number of aliphatic imine (C=N–C) groups is 1. The lowest BCUT2D eigenvalue weighted by atomic mass is 10.1. The van der Waals surface area contributed by atoms with Crippen molar-refractivity contribution in [3.63, 3.8) is 0 Å². The van der Waals surface area contributed by atoms with Gasteiger partial charge in [-0.05, 0) is 24.5 Å². The Labute approximate surface area is 144 Å². The zero-order chi connectivity index (χ0) is 17.2. The number of nitrogens with one attached hydrogen (secondary N) is 2. The molecule has 1 aromatic carbocycles. The normalized spacial score (nSPS) is 11.2. The largest absolute Gasteiger partial charge is 0.478 e. The molecule has 1 aromatic heterocycles. The first-order valence-electron chi connectivity index (χ1n) is 8.29. The Hall–Kier alpha value is -2.56. The molecule has 0 spiro atoms. The Balaban J connectivity index is 1.79. The summed E-state index contributed by atoms with van der Waals surface area (Å²) in [5.74, 6) is 1.43. The molecule has 2 N–H and O–H groups in total. The van der Waals surface area contributed by atoms with Crippen LogP contribution >= 0.6 is 0 Å². The number of rotatable bonds is 7. The summed E-state index contributed by atoms with van der Waals surface area (Å²) in [6.07, 6.45) is 2.80. The van der Waals surface area contributed by atoms with Gasteiger partial charge in [0.05, 0.1) is 6.61 Å². The van der Waals surface area contributed by atoms with E-state index in [1.54, 1.807) is 7.05 Å². The van der Waals surface area contributed by atoms with Crippen LogP contribution in [0.2, 0.25) is 0 Å². The van der Waals surface area contributed by atoms with E-state index >= 15 is 0 Å². The summed E-state index contributed by atoms with van der Waals surface area (Å²) in [4.78, 5) is 8.54. The second-order valence-electron chi connectivity index (χ2n) is 5.62. The predicted octanol–water partition coefficient (Wildman–Crippen LogP) is 3.04. The topological polar surface area (TPSA) is 58.5 Å². The van der Waals surface area contributed by atoms with Gasteiger partial charge in [-0.3, -0.25) is 4.99 Å². The zero-order valence-electron chi connectivity index (χ0n) is 14.7. The lowest BCUT2D eigenvalue weighted by molar-refractivity contribution is 0.305. The zero-order valence-corrected chi connectivity index (χ0v) is 14.7. The van der Waals surface area contributed by atoms with Gasteiger partial charge in [-0.15, -0.1) is 0 Å². The molecule has 2 rings (SSSR count). The number of nitrogens with zero attached hydrogens (tertiary/aromatic N) is 2. The Morgan fingerprint density at radius 3 is 2.29 bits per heavy atom. The van der Waals surface area contributed by atoms with Crippen LogP contribution in [0.5, 0.6) is 5.88 Å². The minimum atomic E-state index is 0.661. The van der Waals surface area contributed by atoms with Crippen molar-refractivity contribution < 1.29 is 4.74 Å². The number of guanidine groups is 1. The Kier molecular flexibility index (Phi) is 7.08. The molecule has 0 bridgehead atoms. The van der Waals surface area contributed by atoms with E-state index in [1.807, 2.05) is 18.3 Å². The van der Waals surface area contributed by atoms with Gasteiger partial charge in [0, 0.05) is 32.4 Å². The standard InChI is InChI=1S/C19H26N4O/c1-4-11-24-18-10-9-17(13-21-18)14-23-19(20-3)22-12-16-7-5-15(2)6-8-16/h5-10,13H,4,11-12,14H2,1-3H3,(H2,20,22,23). The van der Waals surface area contributed by atoms with E-state index in [1.165, 1.54) is 11.1 Å². The quantitative estimate of drug-likeness (QED) is 0.606. The number of ether oxygens (including phenoxy) is 1. The Morgan fingerprint density at radius 2 is 1.71 bits per heavy atom. The molecule has 0 aliphatic heterocycles. The van der Waals surface area contributed by atoms with E-state index in [4.69, 9.17) is 4.74 Å². The maximum atomic E-state index is 5.49. The highest BCUT2D eigenvalue weighted by molar-refractivity contribution is 5.79. The predicted molar refractivity (Wildman–Crippen MR) is 98.2 cm³/mol. The maximum Gasteiger partial charge on any atom is 0.213 e. The lowest BCUT2D eigenvalue weighted by Gasteiger charge is -2.12. The Bertz CT molecular complexity index is 635. The third-order valence-electron chi connectivity index (χ3n) is 3.52. The Morgan fingerprint density at radius 1 is 1.04 bits per heavy atom. The first-order chi connectivity index (χ1) is 11.7. The molecule has 0 atom stereocenters. The third-order valence-corrected chi connectivity index (χ3v) is 3.52. The van der Waals surface area contributed by atoms with Crippen LogP contribution in [-0.4, -0.2) is 24.6 Å². The van der Waals surface area contributed by atoms with Crippen molar-refractivity contribution in [2.24, 2.45) is 4.99 Å². The van der Waals surface area contributed by atoms with Gasteiger partial charge >= 0.3 is 0 Å². The average Bonchev–Trinajstić information content (AvgIpc) is 2.62. The van der Waals surface area contributed by atoms with Gasteiger partial charge in [0.2, 0.25) is 5.88 Å². The van der Waals surface area contributed by atoms with Crippen LogP contribution in [0.1, 0.15) is 30.0 Å². The van der Waals surface area contributed by atoms with Crippen molar-refractivity contribution in [2.45, 2.75) is 33.4 Å². The molecular formula is C19H26N4O. The van der Waals surface area contributed by atoms with Crippen molar-refractivity contribution in [3.8, 4) is 5.88 Å². The minimum absolute atomic E-state index is 0.661. The molecule has 0 amide bonds. The van der Waals surface area contributed by atoms with Gasteiger partial charge < -0.3 is 15.4 Å². The van der Waals surface area contributed by atoms with Gasteiger partial charge in [-0.2, -0.15) is 0 Å². The highest BCUT2D eigenvalue weighted by atomic mass is 16.5. The monoisotopic (exact) mass is 326 g/mol. The molecule has 5 heteroatoms. The number of aromatic nitrogens is 1. The highest BCUT2D eigenvalue weighted by Gasteiger charge is 2.01. The van der Waals surface area contributed by atoms with Gasteiger partial charge in [0.15, 0.2) is 5.96 Å². The van der Waals surface area contributed by atoms with E-state index in [2.05, 4.69) is 58.7 Å². The van der Waals surface area contributed by atoms with E-state index in [9.17, 15) is 0 Å². The van der Waals surface area contributed by atoms with E-state index < -0.39 is 0 Å². The second-order valence-corrected chi connectivity index (χ2v) is 5.62. The molecule has 0 radical (unpaired) electrons. The molecule has 1 heterocycles. The first-order valence-corrected chi connectivity index (χ1v) is 8.29. The van der Waals surface area contributed by atoms with Gasteiger partial charge in [0.1, 0.15) is 0 Å². The van der Waals surface area contributed by atoms with Gasteiger partial charge in [-0.25, -0.2) is 4.98 Å². The number of hydrogen-bond acceptors (Lipinski definition) is 3. The van der Waals surface area contributed by atoms with E-state index in [0.29, 0.717) is 19.0 Å². The first kappa shape index (κ1) is 17.8. The summed E-state index contributed by atoms with van der Waals surface area (Å²) in [5.41, 5.74) is 3.57. The minimum Gasteiger partial charge on any atom is -0.478 e. The van der Waals surface area contributed by atoms with Crippen molar-refractivity contribution in [3.05, 3.63) is 59.3 Å². The summed E-state index contributed by atoms with van der Waals surface area (Å²) in [6, 6.07) is 12.4. The highest BCUT2D eigenvalue weighted by Crippen LogP contribution is 2.07. The fourth-order valence-corrected chi connectivity index (χ4v) is 2.11. The van der Waals surface area contributed by atoms with Crippen molar-refractivity contribution >= 4 is 5.96 Å². The molecule has 0 saturated heterocycles.